The lowest BCUT2D eigenvalue weighted by Crippen LogP contribution is -1.98. The molecule has 0 aliphatic rings. The minimum atomic E-state index is -0.697. The van der Waals surface area contributed by atoms with Crippen LogP contribution in [0.25, 0.3) is 0 Å². The van der Waals surface area contributed by atoms with E-state index in [1.165, 1.54) is 17.8 Å². The van der Waals surface area contributed by atoms with Gasteiger partial charge >= 0.3 is 0 Å². The van der Waals surface area contributed by atoms with Crippen LogP contribution in [0.1, 0.15) is 24.3 Å². The van der Waals surface area contributed by atoms with E-state index in [9.17, 15) is 9.50 Å². The van der Waals surface area contributed by atoms with E-state index in [0.29, 0.717) is 10.5 Å². The molecule has 1 aromatic carbocycles. The second kappa shape index (κ2) is 5.12. The highest BCUT2D eigenvalue weighted by atomic mass is 32.2. The minimum absolute atomic E-state index is 0.322. The first kappa shape index (κ1) is 13.1. The zero-order chi connectivity index (χ0) is 13.3. The number of aryl methyl sites for hydroxylation is 2. The fourth-order valence-corrected chi connectivity index (χ4v) is 2.88. The number of aliphatic hydroxyl groups excluding tert-OH is 1. The smallest absolute Gasteiger partial charge is 0.137 e. The number of aromatic nitrogens is 2. The van der Waals surface area contributed by atoms with Crippen molar-refractivity contribution in [3.63, 3.8) is 0 Å². The van der Waals surface area contributed by atoms with Gasteiger partial charge in [0.05, 0.1) is 21.7 Å². The summed E-state index contributed by atoms with van der Waals surface area (Å²) >= 11 is 1.28. The maximum atomic E-state index is 13.9. The number of nitrogens with zero attached hydrogens (tertiary/aromatic N) is 2. The number of aliphatic hydroxyl groups is 1. The first-order valence-electron chi connectivity index (χ1n) is 5.64. The van der Waals surface area contributed by atoms with Crippen LogP contribution in [0.3, 0.4) is 0 Å². The summed E-state index contributed by atoms with van der Waals surface area (Å²) in [4.78, 5) is 0.454. The van der Waals surface area contributed by atoms with Crippen molar-refractivity contribution < 1.29 is 9.50 Å². The van der Waals surface area contributed by atoms with Crippen molar-refractivity contribution in [3.05, 3.63) is 41.3 Å². The fourth-order valence-electron chi connectivity index (χ4n) is 1.75. The third-order valence-electron chi connectivity index (χ3n) is 2.61. The molecule has 0 bridgehead atoms. The van der Waals surface area contributed by atoms with E-state index in [-0.39, 0.29) is 5.82 Å². The molecule has 1 atom stereocenters. The highest BCUT2D eigenvalue weighted by Crippen LogP contribution is 2.35. The monoisotopic (exact) mass is 266 g/mol. The molecular weight excluding hydrogens is 251 g/mol. The van der Waals surface area contributed by atoms with Gasteiger partial charge in [-0.1, -0.05) is 23.9 Å². The molecule has 2 rings (SSSR count). The minimum Gasteiger partial charge on any atom is -0.389 e. The maximum Gasteiger partial charge on any atom is 0.137 e. The van der Waals surface area contributed by atoms with E-state index in [4.69, 9.17) is 0 Å². The molecule has 0 saturated heterocycles. The van der Waals surface area contributed by atoms with E-state index >= 15 is 0 Å². The Bertz CT molecular complexity index is 566. The number of rotatable bonds is 3. The van der Waals surface area contributed by atoms with Crippen LogP contribution in [-0.4, -0.2) is 14.9 Å². The summed E-state index contributed by atoms with van der Waals surface area (Å²) in [7, 11) is 1.82. The first-order chi connectivity index (χ1) is 8.49. The van der Waals surface area contributed by atoms with Gasteiger partial charge in [-0.25, -0.2) is 4.39 Å². The molecule has 0 fully saturated rings. The van der Waals surface area contributed by atoms with Crippen molar-refractivity contribution in [1.29, 1.82) is 0 Å². The topological polar surface area (TPSA) is 38.0 Å². The third kappa shape index (κ3) is 2.57. The van der Waals surface area contributed by atoms with Gasteiger partial charge in [0.1, 0.15) is 5.82 Å². The second-order valence-corrected chi connectivity index (χ2v) is 5.21. The van der Waals surface area contributed by atoms with Gasteiger partial charge in [0.2, 0.25) is 0 Å². The van der Waals surface area contributed by atoms with Crippen LogP contribution in [0.4, 0.5) is 4.39 Å². The van der Waals surface area contributed by atoms with Crippen LogP contribution in [0.5, 0.6) is 0 Å². The molecule has 18 heavy (non-hydrogen) atoms. The van der Waals surface area contributed by atoms with Gasteiger partial charge in [0.25, 0.3) is 0 Å². The quantitative estimate of drug-likeness (QED) is 0.927. The summed E-state index contributed by atoms with van der Waals surface area (Å²) in [5.41, 5.74) is 1.48. The fraction of sp³-hybridized carbons (Fsp3) is 0.308. The summed E-state index contributed by atoms with van der Waals surface area (Å²) in [6.07, 6.45) is -0.697. The second-order valence-electron chi connectivity index (χ2n) is 4.18. The summed E-state index contributed by atoms with van der Waals surface area (Å²) in [5.74, 6) is -0.322. The van der Waals surface area contributed by atoms with Gasteiger partial charge in [0.15, 0.2) is 0 Å². The predicted molar refractivity (Wildman–Crippen MR) is 69.1 cm³/mol. The lowest BCUT2D eigenvalue weighted by Gasteiger charge is -2.12. The van der Waals surface area contributed by atoms with Crippen molar-refractivity contribution in [1.82, 2.24) is 9.78 Å². The van der Waals surface area contributed by atoms with Crippen LogP contribution < -0.4 is 0 Å². The van der Waals surface area contributed by atoms with Crippen LogP contribution in [0, 0.1) is 12.7 Å². The van der Waals surface area contributed by atoms with E-state index < -0.39 is 6.10 Å². The molecular formula is C13H15FN2OS. The summed E-state index contributed by atoms with van der Waals surface area (Å²) < 4.78 is 15.6. The average molecular weight is 266 g/mol. The van der Waals surface area contributed by atoms with Crippen LogP contribution in [0.2, 0.25) is 0 Å². The molecule has 2 aromatic rings. The number of halogens is 1. The molecule has 0 spiro atoms. The molecule has 1 N–H and O–H groups in total. The molecule has 1 heterocycles. The van der Waals surface area contributed by atoms with E-state index in [0.717, 1.165) is 10.7 Å². The van der Waals surface area contributed by atoms with E-state index in [2.05, 4.69) is 5.10 Å². The highest BCUT2D eigenvalue weighted by Gasteiger charge is 2.15. The van der Waals surface area contributed by atoms with Gasteiger partial charge in [-0.2, -0.15) is 5.10 Å². The zero-order valence-corrected chi connectivity index (χ0v) is 11.3. The molecule has 0 aliphatic carbocycles. The maximum absolute atomic E-state index is 13.9. The summed E-state index contributed by atoms with van der Waals surface area (Å²) in [6.45, 7) is 3.52. The highest BCUT2D eigenvalue weighted by molar-refractivity contribution is 7.99. The Kier molecular flexibility index (Phi) is 3.73. The van der Waals surface area contributed by atoms with Crippen molar-refractivity contribution in [2.75, 3.05) is 0 Å². The Morgan fingerprint density at radius 3 is 2.72 bits per heavy atom. The van der Waals surface area contributed by atoms with Gasteiger partial charge in [-0.15, -0.1) is 0 Å². The van der Waals surface area contributed by atoms with Crippen LogP contribution in [-0.2, 0) is 7.05 Å². The molecule has 5 heteroatoms. The Hall–Kier alpha value is -1.33. The largest absolute Gasteiger partial charge is 0.389 e. The van der Waals surface area contributed by atoms with Crippen molar-refractivity contribution >= 4 is 11.8 Å². The van der Waals surface area contributed by atoms with Gasteiger partial charge in [-0.05, 0) is 31.5 Å². The normalized spacial score (nSPS) is 12.7. The predicted octanol–water partition coefficient (Wildman–Crippen LogP) is 3.07. The van der Waals surface area contributed by atoms with Crippen molar-refractivity contribution in [2.24, 2.45) is 7.05 Å². The summed E-state index contributed by atoms with van der Waals surface area (Å²) in [6, 6.07) is 6.63. The van der Waals surface area contributed by atoms with Crippen LogP contribution >= 0.6 is 11.8 Å². The van der Waals surface area contributed by atoms with Gasteiger partial charge < -0.3 is 5.11 Å². The van der Waals surface area contributed by atoms with Crippen molar-refractivity contribution in [3.8, 4) is 0 Å². The van der Waals surface area contributed by atoms with Crippen molar-refractivity contribution in [2.45, 2.75) is 29.9 Å². The molecule has 3 nitrogen and oxygen atoms in total. The van der Waals surface area contributed by atoms with Gasteiger partial charge in [-0.3, -0.25) is 4.68 Å². The lowest BCUT2D eigenvalue weighted by molar-refractivity contribution is 0.195. The number of hydrogen-bond donors (Lipinski definition) is 1. The molecule has 0 amide bonds. The number of benzene rings is 1. The Labute approximate surface area is 110 Å². The molecule has 0 aliphatic heterocycles. The molecule has 0 radical (unpaired) electrons. The standard InChI is InChI=1S/C13H15FN2OS/c1-8-7-12(16(3)15-8)18-13-10(9(2)17)5-4-6-11(13)14/h4-7,9,17H,1-3H3/t9-/m0/s1. The Morgan fingerprint density at radius 2 is 2.17 bits per heavy atom. The number of hydrogen-bond acceptors (Lipinski definition) is 3. The van der Waals surface area contributed by atoms with Crippen LogP contribution in [0.15, 0.2) is 34.2 Å². The van der Waals surface area contributed by atoms with E-state index in [1.807, 2.05) is 20.0 Å². The molecule has 96 valence electrons. The van der Waals surface area contributed by atoms with Gasteiger partial charge in [0, 0.05) is 7.05 Å². The SMILES string of the molecule is Cc1cc(Sc2c(F)cccc2[C@H](C)O)n(C)n1. The molecule has 1 aromatic heterocycles. The average Bonchev–Trinajstić information content (AvgIpc) is 2.60. The Morgan fingerprint density at radius 1 is 1.44 bits per heavy atom. The third-order valence-corrected chi connectivity index (χ3v) is 3.84. The molecule has 0 saturated carbocycles. The lowest BCUT2D eigenvalue weighted by atomic mass is 10.1. The van der Waals surface area contributed by atoms with E-state index in [1.54, 1.807) is 23.7 Å². The Balaban J connectivity index is 2.42. The first-order valence-corrected chi connectivity index (χ1v) is 6.45. The molecule has 0 unspecified atom stereocenters. The summed E-state index contributed by atoms with van der Waals surface area (Å²) in [5, 5.41) is 14.7. The zero-order valence-electron chi connectivity index (χ0n) is 10.5.